The first kappa shape index (κ1) is 18.9. The van der Waals surface area contributed by atoms with Crippen LogP contribution in [0.3, 0.4) is 0 Å². The summed E-state index contributed by atoms with van der Waals surface area (Å²) in [5, 5.41) is 3.49. The van der Waals surface area contributed by atoms with Gasteiger partial charge in [-0.3, -0.25) is 9.78 Å². The van der Waals surface area contributed by atoms with Gasteiger partial charge < -0.3 is 14.8 Å². The molecule has 0 spiro atoms. The van der Waals surface area contributed by atoms with Crippen molar-refractivity contribution in [1.82, 2.24) is 9.97 Å². The quantitative estimate of drug-likeness (QED) is 0.633. The summed E-state index contributed by atoms with van der Waals surface area (Å²) in [7, 11) is 0. The van der Waals surface area contributed by atoms with Crippen LogP contribution in [-0.4, -0.2) is 22.5 Å². The summed E-state index contributed by atoms with van der Waals surface area (Å²) < 4.78 is 11.2. The van der Waals surface area contributed by atoms with Crippen molar-refractivity contribution in [1.29, 1.82) is 0 Å². The minimum absolute atomic E-state index is 0.250. The van der Waals surface area contributed by atoms with Crippen LogP contribution in [0.5, 0.6) is 11.5 Å². The minimum atomic E-state index is -0.404. The van der Waals surface area contributed by atoms with Crippen molar-refractivity contribution in [2.24, 2.45) is 0 Å². The molecule has 2 aromatic heterocycles. The van der Waals surface area contributed by atoms with Gasteiger partial charge in [-0.25, -0.2) is 4.98 Å². The summed E-state index contributed by atoms with van der Waals surface area (Å²) in [6.07, 6.45) is 4.93. The van der Waals surface area contributed by atoms with Crippen LogP contribution in [0.2, 0.25) is 10.0 Å². The zero-order valence-corrected chi connectivity index (χ0v) is 15.6. The summed E-state index contributed by atoms with van der Waals surface area (Å²) >= 11 is 11.9. The molecule has 1 aromatic carbocycles. The Kier molecular flexibility index (Phi) is 6.46. The van der Waals surface area contributed by atoms with E-state index in [0.717, 1.165) is 5.56 Å². The van der Waals surface area contributed by atoms with Gasteiger partial charge in [0.2, 0.25) is 0 Å². The summed E-state index contributed by atoms with van der Waals surface area (Å²) in [4.78, 5) is 20.3. The van der Waals surface area contributed by atoms with E-state index in [2.05, 4.69) is 15.3 Å². The Labute approximate surface area is 166 Å². The maximum absolute atomic E-state index is 12.2. The Morgan fingerprint density at radius 2 is 1.81 bits per heavy atom. The van der Waals surface area contributed by atoms with Gasteiger partial charge in [0.25, 0.3) is 5.91 Å². The fraction of sp³-hybridized carbons (Fsp3) is 0.105. The molecule has 2 heterocycles. The summed E-state index contributed by atoms with van der Waals surface area (Å²) in [5.41, 5.74) is 0.949. The van der Waals surface area contributed by atoms with Gasteiger partial charge in [-0.1, -0.05) is 23.2 Å². The van der Waals surface area contributed by atoms with Crippen LogP contribution in [0.25, 0.3) is 0 Å². The van der Waals surface area contributed by atoms with E-state index in [-0.39, 0.29) is 6.61 Å². The number of hydrogen-bond donors (Lipinski definition) is 1. The van der Waals surface area contributed by atoms with E-state index in [1.807, 2.05) is 12.1 Å². The zero-order valence-electron chi connectivity index (χ0n) is 14.1. The molecule has 1 N–H and O–H groups in total. The van der Waals surface area contributed by atoms with Crippen LogP contribution < -0.4 is 14.8 Å². The lowest BCUT2D eigenvalue weighted by atomic mass is 10.3. The first-order valence-electron chi connectivity index (χ1n) is 7.96. The Morgan fingerprint density at radius 1 is 1.00 bits per heavy atom. The first-order valence-corrected chi connectivity index (χ1v) is 8.72. The fourth-order valence-corrected chi connectivity index (χ4v) is 2.47. The molecule has 0 aliphatic rings. The zero-order chi connectivity index (χ0) is 19.1. The number of rotatable bonds is 7. The molecular formula is C19H15Cl2N3O3. The highest BCUT2D eigenvalue weighted by Crippen LogP contribution is 2.28. The number of carbonyl (C=O) groups excluding carboxylic acids is 1. The standard InChI is InChI=1S/C19H15Cl2N3O3/c20-14-3-4-15(21)17(10-14)27-12-18(25)24-19-16(2-1-7-23-19)26-11-13-5-8-22-9-6-13/h1-10H,11-12H2,(H,23,24,25). The molecule has 0 fully saturated rings. The molecule has 8 heteroatoms. The molecule has 3 rings (SSSR count). The third kappa shape index (κ3) is 5.57. The lowest BCUT2D eigenvalue weighted by Gasteiger charge is -2.12. The first-order chi connectivity index (χ1) is 13.1. The molecule has 138 valence electrons. The van der Waals surface area contributed by atoms with Crippen LogP contribution in [-0.2, 0) is 11.4 Å². The monoisotopic (exact) mass is 403 g/mol. The van der Waals surface area contributed by atoms with E-state index in [9.17, 15) is 4.79 Å². The van der Waals surface area contributed by atoms with Gasteiger partial charge in [0, 0.05) is 29.7 Å². The van der Waals surface area contributed by atoms with E-state index in [1.165, 1.54) is 0 Å². The molecule has 0 bridgehead atoms. The minimum Gasteiger partial charge on any atom is -0.485 e. The Balaban J connectivity index is 1.60. The Hall–Kier alpha value is -2.83. The lowest BCUT2D eigenvalue weighted by molar-refractivity contribution is -0.118. The van der Waals surface area contributed by atoms with Crippen LogP contribution in [0.15, 0.2) is 61.1 Å². The van der Waals surface area contributed by atoms with Gasteiger partial charge >= 0.3 is 0 Å². The van der Waals surface area contributed by atoms with Crippen molar-refractivity contribution < 1.29 is 14.3 Å². The van der Waals surface area contributed by atoms with Crippen molar-refractivity contribution in [3.05, 3.63) is 76.7 Å². The number of hydrogen-bond acceptors (Lipinski definition) is 5. The molecule has 0 saturated carbocycles. The number of nitrogens with zero attached hydrogens (tertiary/aromatic N) is 2. The second kappa shape index (κ2) is 9.21. The predicted molar refractivity (Wildman–Crippen MR) is 103 cm³/mol. The maximum Gasteiger partial charge on any atom is 0.263 e. The number of aromatic nitrogens is 2. The number of ether oxygens (including phenoxy) is 2. The number of anilines is 1. The van der Waals surface area contributed by atoms with Crippen molar-refractivity contribution in [3.63, 3.8) is 0 Å². The number of halogens is 2. The van der Waals surface area contributed by atoms with Crippen LogP contribution >= 0.6 is 23.2 Å². The van der Waals surface area contributed by atoms with Gasteiger partial charge in [-0.05, 0) is 42.0 Å². The average Bonchev–Trinajstić information content (AvgIpc) is 2.69. The van der Waals surface area contributed by atoms with E-state index in [0.29, 0.717) is 34.0 Å². The highest BCUT2D eigenvalue weighted by molar-refractivity contribution is 6.34. The molecule has 3 aromatic rings. The molecule has 0 radical (unpaired) electrons. The van der Waals surface area contributed by atoms with E-state index < -0.39 is 5.91 Å². The average molecular weight is 404 g/mol. The number of amides is 1. The van der Waals surface area contributed by atoms with Gasteiger partial charge in [0.1, 0.15) is 12.4 Å². The molecule has 6 nitrogen and oxygen atoms in total. The van der Waals surface area contributed by atoms with Crippen LogP contribution in [0, 0.1) is 0 Å². The lowest BCUT2D eigenvalue weighted by Crippen LogP contribution is -2.21. The highest BCUT2D eigenvalue weighted by atomic mass is 35.5. The van der Waals surface area contributed by atoms with E-state index >= 15 is 0 Å². The number of pyridine rings is 2. The van der Waals surface area contributed by atoms with Crippen LogP contribution in [0.4, 0.5) is 5.82 Å². The molecular weight excluding hydrogens is 389 g/mol. The molecule has 0 aliphatic heterocycles. The van der Waals surface area contributed by atoms with Gasteiger partial charge in [0.05, 0.1) is 5.02 Å². The number of carbonyl (C=O) groups is 1. The van der Waals surface area contributed by atoms with E-state index in [4.69, 9.17) is 32.7 Å². The van der Waals surface area contributed by atoms with Crippen molar-refractivity contribution >= 4 is 34.9 Å². The molecule has 0 atom stereocenters. The summed E-state index contributed by atoms with van der Waals surface area (Å²) in [5.74, 6) is 0.675. The Morgan fingerprint density at radius 3 is 2.63 bits per heavy atom. The molecule has 1 amide bonds. The molecule has 27 heavy (non-hydrogen) atoms. The third-order valence-electron chi connectivity index (χ3n) is 3.42. The topological polar surface area (TPSA) is 73.3 Å². The predicted octanol–water partition coefficient (Wildman–Crippen LogP) is 4.38. The smallest absolute Gasteiger partial charge is 0.263 e. The van der Waals surface area contributed by atoms with Gasteiger partial charge in [-0.15, -0.1) is 0 Å². The van der Waals surface area contributed by atoms with Crippen molar-refractivity contribution in [2.45, 2.75) is 6.61 Å². The maximum atomic E-state index is 12.2. The second-order valence-electron chi connectivity index (χ2n) is 5.41. The normalized spacial score (nSPS) is 10.3. The van der Waals surface area contributed by atoms with Gasteiger partial charge in [0.15, 0.2) is 18.2 Å². The number of benzene rings is 1. The van der Waals surface area contributed by atoms with Crippen LogP contribution in [0.1, 0.15) is 5.56 Å². The Bertz CT molecular complexity index is 923. The van der Waals surface area contributed by atoms with Gasteiger partial charge in [-0.2, -0.15) is 0 Å². The highest BCUT2D eigenvalue weighted by Gasteiger charge is 2.11. The second-order valence-corrected chi connectivity index (χ2v) is 6.25. The molecule has 0 aliphatic carbocycles. The van der Waals surface area contributed by atoms with E-state index in [1.54, 1.807) is 48.9 Å². The number of nitrogens with one attached hydrogen (secondary N) is 1. The fourth-order valence-electron chi connectivity index (χ4n) is 2.14. The molecule has 0 saturated heterocycles. The van der Waals surface area contributed by atoms with Crippen molar-refractivity contribution in [3.8, 4) is 11.5 Å². The largest absolute Gasteiger partial charge is 0.485 e. The summed E-state index contributed by atoms with van der Waals surface area (Å²) in [6.45, 7) is 0.0755. The summed E-state index contributed by atoms with van der Waals surface area (Å²) in [6, 6.07) is 11.9. The SMILES string of the molecule is O=C(COc1cc(Cl)ccc1Cl)Nc1ncccc1OCc1ccncc1. The van der Waals surface area contributed by atoms with Crippen molar-refractivity contribution in [2.75, 3.05) is 11.9 Å². The third-order valence-corrected chi connectivity index (χ3v) is 3.97. The molecule has 0 unspecified atom stereocenters.